The molecule has 0 bridgehead atoms. The van der Waals surface area contributed by atoms with Crippen molar-refractivity contribution in [1.29, 1.82) is 0 Å². The van der Waals surface area contributed by atoms with Crippen molar-refractivity contribution in [2.24, 2.45) is 5.92 Å². The highest BCUT2D eigenvalue weighted by Crippen LogP contribution is 2.18. The van der Waals surface area contributed by atoms with Crippen LogP contribution in [-0.4, -0.2) is 14.8 Å². The van der Waals surface area contributed by atoms with Crippen molar-refractivity contribution in [3.05, 3.63) is 11.1 Å². The van der Waals surface area contributed by atoms with E-state index in [1.807, 2.05) is 4.68 Å². The normalized spacial score (nSPS) is 23.3. The predicted octanol–water partition coefficient (Wildman–Crippen LogP) is 1.51. The number of hydrogen-bond donors (Lipinski definition) is 0. The first-order valence-corrected chi connectivity index (χ1v) is 4.23. The number of nitrogens with zero attached hydrogens (tertiary/aromatic N) is 3. The lowest BCUT2D eigenvalue weighted by Gasteiger charge is -2.17. The molecule has 0 saturated heterocycles. The first-order valence-electron chi connectivity index (χ1n) is 3.85. The van der Waals surface area contributed by atoms with Crippen molar-refractivity contribution in [2.45, 2.75) is 26.3 Å². The SMILES string of the molecule is CC1CCc2nc(Cl)nn2C1. The summed E-state index contributed by atoms with van der Waals surface area (Å²) < 4.78 is 1.91. The smallest absolute Gasteiger partial charge is 0.242 e. The van der Waals surface area contributed by atoms with Crippen molar-refractivity contribution in [3.63, 3.8) is 0 Å². The summed E-state index contributed by atoms with van der Waals surface area (Å²) in [6.45, 7) is 3.19. The van der Waals surface area contributed by atoms with Gasteiger partial charge in [-0.1, -0.05) is 6.92 Å². The highest BCUT2D eigenvalue weighted by Gasteiger charge is 2.17. The van der Waals surface area contributed by atoms with Crippen LogP contribution in [0, 0.1) is 5.92 Å². The fourth-order valence-electron chi connectivity index (χ4n) is 1.44. The van der Waals surface area contributed by atoms with Crippen LogP contribution in [0.2, 0.25) is 5.28 Å². The molecule has 0 spiro atoms. The van der Waals surface area contributed by atoms with Gasteiger partial charge in [-0.05, 0) is 23.9 Å². The van der Waals surface area contributed by atoms with Gasteiger partial charge in [0.05, 0.1) is 0 Å². The molecule has 3 nitrogen and oxygen atoms in total. The van der Waals surface area contributed by atoms with Gasteiger partial charge in [-0.3, -0.25) is 0 Å². The van der Waals surface area contributed by atoms with E-state index in [0.29, 0.717) is 11.2 Å². The third-order valence-corrected chi connectivity index (χ3v) is 2.23. The van der Waals surface area contributed by atoms with Crippen molar-refractivity contribution in [3.8, 4) is 0 Å². The Labute approximate surface area is 70.4 Å². The fourth-order valence-corrected chi connectivity index (χ4v) is 1.63. The Morgan fingerprint density at radius 2 is 2.45 bits per heavy atom. The van der Waals surface area contributed by atoms with Crippen LogP contribution in [0.3, 0.4) is 0 Å². The Morgan fingerprint density at radius 1 is 1.64 bits per heavy atom. The monoisotopic (exact) mass is 171 g/mol. The number of aromatic nitrogens is 3. The molecule has 0 radical (unpaired) electrons. The maximum Gasteiger partial charge on any atom is 0.242 e. The molecule has 0 fully saturated rings. The summed E-state index contributed by atoms with van der Waals surface area (Å²) in [4.78, 5) is 4.10. The second-order valence-electron chi connectivity index (χ2n) is 3.12. The minimum absolute atomic E-state index is 0.383. The van der Waals surface area contributed by atoms with Gasteiger partial charge in [0.25, 0.3) is 0 Å². The zero-order valence-electron chi connectivity index (χ0n) is 6.42. The summed E-state index contributed by atoms with van der Waals surface area (Å²) in [5.74, 6) is 1.74. The number of aryl methyl sites for hydroxylation is 1. The minimum Gasteiger partial charge on any atom is -0.248 e. The molecule has 11 heavy (non-hydrogen) atoms. The second-order valence-corrected chi connectivity index (χ2v) is 3.46. The van der Waals surface area contributed by atoms with E-state index in [0.717, 1.165) is 18.8 Å². The molecular formula is C7H10ClN3. The molecule has 1 aliphatic heterocycles. The van der Waals surface area contributed by atoms with E-state index in [2.05, 4.69) is 17.0 Å². The lowest BCUT2D eigenvalue weighted by molar-refractivity contribution is 0.368. The van der Waals surface area contributed by atoms with Crippen molar-refractivity contribution in [2.75, 3.05) is 0 Å². The molecule has 0 saturated carbocycles. The highest BCUT2D eigenvalue weighted by atomic mass is 35.5. The van der Waals surface area contributed by atoms with Gasteiger partial charge in [0.15, 0.2) is 0 Å². The number of fused-ring (bicyclic) bond motifs is 1. The zero-order valence-corrected chi connectivity index (χ0v) is 7.17. The van der Waals surface area contributed by atoms with Gasteiger partial charge in [0.1, 0.15) is 5.82 Å². The van der Waals surface area contributed by atoms with Crippen LogP contribution in [-0.2, 0) is 13.0 Å². The Balaban J connectivity index is 2.34. The lowest BCUT2D eigenvalue weighted by Crippen LogP contribution is -2.18. The molecular weight excluding hydrogens is 162 g/mol. The average Bonchev–Trinajstić information content (AvgIpc) is 2.27. The van der Waals surface area contributed by atoms with Crippen LogP contribution in [0.15, 0.2) is 0 Å². The zero-order chi connectivity index (χ0) is 7.84. The maximum atomic E-state index is 5.66. The van der Waals surface area contributed by atoms with E-state index in [9.17, 15) is 0 Å². The molecule has 0 aromatic carbocycles. The van der Waals surface area contributed by atoms with E-state index in [1.54, 1.807) is 0 Å². The lowest BCUT2D eigenvalue weighted by atomic mass is 10.0. The molecule has 1 atom stereocenters. The van der Waals surface area contributed by atoms with Crippen molar-refractivity contribution < 1.29 is 0 Å². The maximum absolute atomic E-state index is 5.66. The van der Waals surface area contributed by atoms with Crippen LogP contribution in [0.25, 0.3) is 0 Å². The molecule has 1 aromatic heterocycles. The number of halogens is 1. The quantitative estimate of drug-likeness (QED) is 0.593. The topological polar surface area (TPSA) is 30.7 Å². The van der Waals surface area contributed by atoms with Gasteiger partial charge in [0.2, 0.25) is 5.28 Å². The average molecular weight is 172 g/mol. The summed E-state index contributed by atoms with van der Waals surface area (Å²) in [5.41, 5.74) is 0. The van der Waals surface area contributed by atoms with Gasteiger partial charge >= 0.3 is 0 Å². The third-order valence-electron chi connectivity index (χ3n) is 2.07. The van der Waals surface area contributed by atoms with Crippen LogP contribution in [0.4, 0.5) is 0 Å². The second kappa shape index (κ2) is 2.48. The summed E-state index contributed by atoms with van der Waals surface area (Å²) in [6, 6.07) is 0. The van der Waals surface area contributed by atoms with Gasteiger partial charge in [-0.2, -0.15) is 0 Å². The minimum atomic E-state index is 0.383. The largest absolute Gasteiger partial charge is 0.248 e. The van der Waals surface area contributed by atoms with Crippen molar-refractivity contribution in [1.82, 2.24) is 14.8 Å². The summed E-state index contributed by atoms with van der Waals surface area (Å²) in [7, 11) is 0. The van der Waals surface area contributed by atoms with Gasteiger partial charge < -0.3 is 0 Å². The molecule has 0 aliphatic carbocycles. The van der Waals surface area contributed by atoms with Crippen LogP contribution in [0.1, 0.15) is 19.2 Å². The summed E-state index contributed by atoms with van der Waals surface area (Å²) in [5, 5.41) is 4.46. The molecule has 1 unspecified atom stereocenters. The molecule has 1 aliphatic rings. The standard InChI is InChI=1S/C7H10ClN3/c1-5-2-3-6-9-7(8)10-11(6)4-5/h5H,2-4H2,1H3. The third kappa shape index (κ3) is 1.25. The van der Waals surface area contributed by atoms with Crippen molar-refractivity contribution >= 4 is 11.6 Å². The number of hydrogen-bond acceptors (Lipinski definition) is 2. The molecule has 1 aromatic rings. The van der Waals surface area contributed by atoms with Crippen LogP contribution < -0.4 is 0 Å². The Hall–Kier alpha value is -0.570. The first-order chi connectivity index (χ1) is 5.25. The predicted molar refractivity (Wildman–Crippen MR) is 42.5 cm³/mol. The van der Waals surface area contributed by atoms with Crippen LogP contribution in [0.5, 0.6) is 0 Å². The van der Waals surface area contributed by atoms with Gasteiger partial charge in [-0.15, -0.1) is 5.10 Å². The van der Waals surface area contributed by atoms with Gasteiger partial charge in [0, 0.05) is 13.0 Å². The van der Waals surface area contributed by atoms with E-state index < -0.39 is 0 Å². The summed E-state index contributed by atoms with van der Waals surface area (Å²) >= 11 is 5.66. The first kappa shape index (κ1) is 7.10. The highest BCUT2D eigenvalue weighted by molar-refractivity contribution is 6.28. The van der Waals surface area contributed by atoms with E-state index in [1.165, 1.54) is 6.42 Å². The molecule has 4 heteroatoms. The Kier molecular flexibility index (Phi) is 1.60. The van der Waals surface area contributed by atoms with E-state index >= 15 is 0 Å². The Morgan fingerprint density at radius 3 is 3.27 bits per heavy atom. The molecule has 0 amide bonds. The molecule has 60 valence electrons. The molecule has 2 heterocycles. The molecule has 0 N–H and O–H groups in total. The Bertz CT molecular complexity index is 269. The van der Waals surface area contributed by atoms with Crippen LogP contribution >= 0.6 is 11.6 Å². The molecule has 2 rings (SSSR count). The van der Waals surface area contributed by atoms with E-state index in [4.69, 9.17) is 11.6 Å². The fraction of sp³-hybridized carbons (Fsp3) is 0.714. The van der Waals surface area contributed by atoms with E-state index in [-0.39, 0.29) is 0 Å². The van der Waals surface area contributed by atoms with Gasteiger partial charge in [-0.25, -0.2) is 9.67 Å². The summed E-state index contributed by atoms with van der Waals surface area (Å²) in [6.07, 6.45) is 2.22. The number of rotatable bonds is 0.